The fourth-order valence-electron chi connectivity index (χ4n) is 4.70. The Hall–Kier alpha value is -2.94. The number of aryl methyl sites for hydroxylation is 1. The van der Waals surface area contributed by atoms with Gasteiger partial charge in [0.2, 0.25) is 0 Å². The number of aromatic amines is 1. The van der Waals surface area contributed by atoms with Crippen LogP contribution in [0.15, 0.2) is 26.2 Å². The van der Waals surface area contributed by atoms with Crippen LogP contribution >= 0.6 is 0 Å². The molecule has 8 nitrogen and oxygen atoms in total. The van der Waals surface area contributed by atoms with Crippen LogP contribution in [0.3, 0.4) is 0 Å². The highest BCUT2D eigenvalue weighted by Crippen LogP contribution is 2.42. The normalized spacial score (nSPS) is 20.3. The van der Waals surface area contributed by atoms with Crippen molar-refractivity contribution in [2.45, 2.75) is 45.2 Å². The van der Waals surface area contributed by atoms with E-state index in [0.29, 0.717) is 40.2 Å². The largest absolute Gasteiger partial charge is 0.439 e. The first kappa shape index (κ1) is 19.0. The molecule has 0 radical (unpaired) electrons. The number of nitrogens with two attached hydrogens (primary N) is 1. The summed E-state index contributed by atoms with van der Waals surface area (Å²) < 4.78 is 21.8. The van der Waals surface area contributed by atoms with Crippen molar-refractivity contribution >= 4 is 16.6 Å². The van der Waals surface area contributed by atoms with E-state index in [1.807, 2.05) is 18.7 Å². The molecule has 30 heavy (non-hydrogen) atoms. The average Bonchev–Trinajstić information content (AvgIpc) is 3.23. The van der Waals surface area contributed by atoms with Gasteiger partial charge in [-0.2, -0.15) is 0 Å². The van der Waals surface area contributed by atoms with Crippen molar-refractivity contribution in [3.63, 3.8) is 0 Å². The van der Waals surface area contributed by atoms with Crippen LogP contribution in [0.2, 0.25) is 0 Å². The molecule has 2 aromatic heterocycles. The SMILES string of the molecule is Cc1c(N2CC[C@@H]([C@H](C)N)C2)c(F)cc2c(-c3noc(=O)[nH]3)cc(=O)n(C3CC3)c12. The molecule has 0 bridgehead atoms. The van der Waals surface area contributed by atoms with Crippen LogP contribution in [0.4, 0.5) is 10.1 Å². The maximum absolute atomic E-state index is 15.4. The Labute approximate surface area is 171 Å². The quantitative estimate of drug-likeness (QED) is 0.679. The lowest BCUT2D eigenvalue weighted by molar-refractivity contribution is 0.388. The molecule has 2 atom stereocenters. The van der Waals surface area contributed by atoms with E-state index in [2.05, 4.69) is 14.7 Å². The molecule has 1 aromatic carbocycles. The minimum atomic E-state index is -0.725. The maximum atomic E-state index is 15.4. The Balaban J connectivity index is 1.77. The fourth-order valence-corrected chi connectivity index (χ4v) is 4.70. The lowest BCUT2D eigenvalue weighted by Crippen LogP contribution is -2.30. The molecule has 0 spiro atoms. The van der Waals surface area contributed by atoms with E-state index in [0.717, 1.165) is 25.8 Å². The second-order valence-corrected chi connectivity index (χ2v) is 8.52. The van der Waals surface area contributed by atoms with Crippen LogP contribution in [0, 0.1) is 18.7 Å². The molecule has 1 saturated heterocycles. The van der Waals surface area contributed by atoms with Gasteiger partial charge >= 0.3 is 5.76 Å². The van der Waals surface area contributed by atoms with E-state index in [1.165, 1.54) is 12.1 Å². The van der Waals surface area contributed by atoms with Gasteiger partial charge in [0.05, 0.1) is 11.2 Å². The number of benzene rings is 1. The molecule has 158 valence electrons. The van der Waals surface area contributed by atoms with E-state index in [1.54, 1.807) is 4.57 Å². The predicted molar refractivity (Wildman–Crippen MR) is 111 cm³/mol. The Morgan fingerprint density at radius 3 is 2.67 bits per heavy atom. The van der Waals surface area contributed by atoms with E-state index in [9.17, 15) is 9.59 Å². The van der Waals surface area contributed by atoms with Gasteiger partial charge in [0, 0.05) is 42.2 Å². The Morgan fingerprint density at radius 2 is 2.07 bits per heavy atom. The molecule has 3 N–H and O–H groups in total. The molecule has 1 saturated carbocycles. The third-order valence-corrected chi connectivity index (χ3v) is 6.39. The van der Waals surface area contributed by atoms with Crippen molar-refractivity contribution in [3.8, 4) is 11.4 Å². The van der Waals surface area contributed by atoms with E-state index in [4.69, 9.17) is 5.73 Å². The summed E-state index contributed by atoms with van der Waals surface area (Å²) in [5.74, 6) is -0.665. The molecule has 1 aliphatic carbocycles. The molecular weight excluding hydrogens is 389 g/mol. The number of aromatic nitrogens is 3. The van der Waals surface area contributed by atoms with Gasteiger partial charge < -0.3 is 15.2 Å². The van der Waals surface area contributed by atoms with Crippen LogP contribution in [0.1, 0.15) is 37.8 Å². The van der Waals surface area contributed by atoms with Crippen LogP contribution in [-0.2, 0) is 0 Å². The zero-order valence-corrected chi connectivity index (χ0v) is 16.9. The lowest BCUT2D eigenvalue weighted by atomic mass is 10.0. The van der Waals surface area contributed by atoms with Crippen molar-refractivity contribution in [3.05, 3.63) is 44.4 Å². The van der Waals surface area contributed by atoms with E-state index >= 15 is 4.39 Å². The van der Waals surface area contributed by atoms with Crippen molar-refractivity contribution in [1.29, 1.82) is 0 Å². The highest BCUT2D eigenvalue weighted by atomic mass is 19.1. The summed E-state index contributed by atoms with van der Waals surface area (Å²) in [7, 11) is 0. The maximum Gasteiger partial charge on any atom is 0.439 e. The molecule has 2 fully saturated rings. The first-order chi connectivity index (χ1) is 14.3. The minimum Gasteiger partial charge on any atom is -0.369 e. The molecule has 0 unspecified atom stereocenters. The second-order valence-electron chi connectivity index (χ2n) is 8.52. The van der Waals surface area contributed by atoms with Gasteiger partial charge in [0.25, 0.3) is 5.56 Å². The number of nitrogens with one attached hydrogen (secondary N) is 1. The van der Waals surface area contributed by atoms with Crippen molar-refractivity contribution in [2.24, 2.45) is 11.7 Å². The molecule has 0 amide bonds. The van der Waals surface area contributed by atoms with Gasteiger partial charge in [-0.25, -0.2) is 9.18 Å². The third-order valence-electron chi connectivity index (χ3n) is 6.39. The topological polar surface area (TPSA) is 110 Å². The Morgan fingerprint density at radius 1 is 1.30 bits per heavy atom. The summed E-state index contributed by atoms with van der Waals surface area (Å²) in [6.45, 7) is 5.24. The van der Waals surface area contributed by atoms with Gasteiger partial charge in [-0.3, -0.25) is 14.3 Å². The first-order valence-corrected chi connectivity index (χ1v) is 10.3. The number of fused-ring (bicyclic) bond motifs is 1. The van der Waals surface area contributed by atoms with Crippen LogP contribution in [-0.4, -0.2) is 33.8 Å². The summed E-state index contributed by atoms with van der Waals surface area (Å²) in [4.78, 5) is 29.0. The van der Waals surface area contributed by atoms with Gasteiger partial charge in [-0.1, -0.05) is 5.16 Å². The minimum absolute atomic E-state index is 0.0408. The number of hydrogen-bond acceptors (Lipinski definition) is 6. The molecule has 9 heteroatoms. The molecule has 1 aliphatic heterocycles. The smallest absolute Gasteiger partial charge is 0.369 e. The van der Waals surface area contributed by atoms with Crippen molar-refractivity contribution < 1.29 is 8.91 Å². The Bertz CT molecular complexity index is 1250. The fraction of sp³-hybridized carbons (Fsp3) is 0.476. The average molecular weight is 413 g/mol. The first-order valence-electron chi connectivity index (χ1n) is 10.3. The molecule has 5 rings (SSSR count). The molecular formula is C21H24FN5O3. The van der Waals surface area contributed by atoms with Crippen LogP contribution in [0.25, 0.3) is 22.3 Å². The number of hydrogen-bond donors (Lipinski definition) is 2. The summed E-state index contributed by atoms with van der Waals surface area (Å²) in [5.41, 5.74) is 8.16. The molecule has 2 aliphatic rings. The van der Waals surface area contributed by atoms with Gasteiger partial charge in [0.1, 0.15) is 5.82 Å². The van der Waals surface area contributed by atoms with Crippen molar-refractivity contribution in [1.82, 2.24) is 14.7 Å². The Kier molecular flexibility index (Phi) is 4.32. The van der Waals surface area contributed by atoms with E-state index < -0.39 is 5.76 Å². The van der Waals surface area contributed by atoms with Gasteiger partial charge in [0.15, 0.2) is 5.82 Å². The predicted octanol–water partition coefficient (Wildman–Crippen LogP) is 2.30. The lowest BCUT2D eigenvalue weighted by Gasteiger charge is -2.25. The summed E-state index contributed by atoms with van der Waals surface area (Å²) >= 11 is 0. The highest BCUT2D eigenvalue weighted by molar-refractivity contribution is 5.97. The van der Waals surface area contributed by atoms with E-state index in [-0.39, 0.29) is 29.3 Å². The van der Waals surface area contributed by atoms with Gasteiger partial charge in [-0.15, -0.1) is 0 Å². The second kappa shape index (κ2) is 6.80. The summed E-state index contributed by atoms with van der Waals surface area (Å²) in [5, 5.41) is 4.25. The molecule has 3 aromatic rings. The van der Waals surface area contributed by atoms with Crippen LogP contribution < -0.4 is 21.9 Å². The van der Waals surface area contributed by atoms with Crippen LogP contribution in [0.5, 0.6) is 0 Å². The number of pyridine rings is 1. The third kappa shape index (κ3) is 2.96. The zero-order valence-electron chi connectivity index (χ0n) is 16.9. The number of H-pyrrole nitrogens is 1. The van der Waals surface area contributed by atoms with Gasteiger partial charge in [-0.05, 0) is 50.7 Å². The summed E-state index contributed by atoms with van der Waals surface area (Å²) in [6, 6.07) is 2.99. The number of rotatable bonds is 4. The number of nitrogens with zero attached hydrogens (tertiary/aromatic N) is 3. The highest BCUT2D eigenvalue weighted by Gasteiger charge is 2.32. The standard InChI is InChI=1S/C21H24FN5O3/c1-10-18-14(7-16(22)19(10)26-6-5-12(9-26)11(2)23)15(20-24-21(29)30-25-20)8-17(28)27(18)13-3-4-13/h7-8,11-13H,3-6,9,23H2,1-2H3,(H,24,25,29)/t11-,12+/m0/s1. The number of anilines is 1. The zero-order chi connectivity index (χ0) is 21.2. The summed E-state index contributed by atoms with van der Waals surface area (Å²) in [6.07, 6.45) is 2.74. The number of halogens is 1. The monoisotopic (exact) mass is 413 g/mol. The van der Waals surface area contributed by atoms with Crippen molar-refractivity contribution in [2.75, 3.05) is 18.0 Å². The molecule has 3 heterocycles.